The molecule has 0 heterocycles. The average Bonchev–Trinajstić information content (AvgIpc) is 1.07. The number of ether oxygens (including phenoxy) is 4. The zero-order chi connectivity index (χ0) is 76.0. The second-order valence-corrected chi connectivity index (χ2v) is 34.3. The van der Waals surface area contributed by atoms with Crippen LogP contribution in [0.2, 0.25) is 0 Å². The van der Waals surface area contributed by atoms with Crippen LogP contribution in [0.4, 0.5) is 0 Å². The van der Waals surface area contributed by atoms with Crippen LogP contribution in [0.15, 0.2) is 0 Å². The lowest BCUT2D eigenvalue weighted by molar-refractivity contribution is -0.161. The molecule has 0 saturated heterocycles. The minimum atomic E-state index is -4.96. The van der Waals surface area contributed by atoms with E-state index in [9.17, 15) is 43.2 Å². The van der Waals surface area contributed by atoms with Crippen LogP contribution in [0, 0.1) is 23.7 Å². The Morgan fingerprint density at radius 2 is 0.466 bits per heavy atom. The zero-order valence-corrected chi connectivity index (χ0v) is 69.7. The Labute approximate surface area is 632 Å². The molecule has 0 fully saturated rings. The molecule has 0 rings (SSSR count). The first-order valence-corrected chi connectivity index (χ1v) is 46.3. The van der Waals surface area contributed by atoms with Crippen LogP contribution in [0.3, 0.4) is 0 Å². The van der Waals surface area contributed by atoms with Gasteiger partial charge < -0.3 is 33.8 Å². The van der Waals surface area contributed by atoms with E-state index in [0.29, 0.717) is 31.6 Å². The maximum atomic E-state index is 13.1. The van der Waals surface area contributed by atoms with Gasteiger partial charge in [-0.05, 0) is 49.4 Å². The summed E-state index contributed by atoms with van der Waals surface area (Å²) in [5.41, 5.74) is 0. The molecule has 17 nitrogen and oxygen atoms in total. The van der Waals surface area contributed by atoms with Gasteiger partial charge >= 0.3 is 39.5 Å². The summed E-state index contributed by atoms with van der Waals surface area (Å²) < 4.78 is 68.8. The third-order valence-electron chi connectivity index (χ3n) is 20.7. The molecule has 103 heavy (non-hydrogen) atoms. The predicted molar refractivity (Wildman–Crippen MR) is 423 cm³/mol. The Hall–Kier alpha value is -1.94. The molecule has 3 N–H and O–H groups in total. The van der Waals surface area contributed by atoms with Gasteiger partial charge in [0, 0.05) is 25.7 Å². The number of unbranched alkanes of at least 4 members (excludes halogenated alkanes) is 44. The minimum Gasteiger partial charge on any atom is -0.462 e. The summed E-state index contributed by atoms with van der Waals surface area (Å²) >= 11 is 0. The lowest BCUT2D eigenvalue weighted by Crippen LogP contribution is -2.30. The molecule has 0 aliphatic heterocycles. The standard InChI is InChI=1S/C84H164O17P2/c1-9-75(6)61-53-45-36-30-24-20-16-14-12-13-15-17-22-26-34-40-50-58-66-83(88)100-79(70-94-81(86)64-56-48-39-33-29-28-32-38-47-55-63-77(8)11-3)72-98-102(90,91)96-68-78(85)69-97-103(92,93)99-73-80(71-95-82(87)65-57-49-43-42-44-52-60-74(4)5)101-84(89)67-59-51-41-35-27-23-19-18-21-25-31-37-46-54-62-76(7)10-2/h74-80,85H,9-73H2,1-8H3,(H,90,91)(H,92,93)/t75?,76?,77?,78-,79-,80-/m1/s1. The van der Waals surface area contributed by atoms with Gasteiger partial charge in [-0.2, -0.15) is 0 Å². The number of phosphoric ester groups is 2. The topological polar surface area (TPSA) is 237 Å². The van der Waals surface area contributed by atoms with Crippen LogP contribution in [0.1, 0.15) is 434 Å². The van der Waals surface area contributed by atoms with Crippen LogP contribution in [-0.2, 0) is 65.4 Å². The van der Waals surface area contributed by atoms with E-state index in [4.69, 9.17) is 37.0 Å². The third kappa shape index (κ3) is 74.0. The number of esters is 4. The van der Waals surface area contributed by atoms with E-state index < -0.39 is 97.5 Å². The van der Waals surface area contributed by atoms with Crippen LogP contribution >= 0.6 is 15.6 Å². The van der Waals surface area contributed by atoms with Crippen molar-refractivity contribution in [3.63, 3.8) is 0 Å². The Morgan fingerprint density at radius 1 is 0.272 bits per heavy atom. The first-order chi connectivity index (χ1) is 49.7. The highest BCUT2D eigenvalue weighted by molar-refractivity contribution is 7.47. The lowest BCUT2D eigenvalue weighted by Gasteiger charge is -2.21. The number of phosphoric acid groups is 2. The molecule has 0 aromatic heterocycles. The fourth-order valence-electron chi connectivity index (χ4n) is 12.9. The molecule has 0 spiro atoms. The van der Waals surface area contributed by atoms with Crippen LogP contribution < -0.4 is 0 Å². The van der Waals surface area contributed by atoms with E-state index >= 15 is 0 Å². The van der Waals surface area contributed by atoms with Gasteiger partial charge in [0.2, 0.25) is 0 Å². The van der Waals surface area contributed by atoms with E-state index in [1.165, 1.54) is 231 Å². The van der Waals surface area contributed by atoms with Gasteiger partial charge in [-0.3, -0.25) is 37.3 Å². The number of rotatable bonds is 81. The van der Waals surface area contributed by atoms with E-state index in [1.807, 2.05) is 0 Å². The number of aliphatic hydroxyl groups is 1. The fourth-order valence-corrected chi connectivity index (χ4v) is 14.4. The SMILES string of the molecule is CCC(C)CCCCCCCCCCCCCCCCCCCCC(=O)O[C@H](COC(=O)CCCCCCCCCCCCC(C)CC)COP(=O)(O)OC[C@@H](O)COP(=O)(O)OC[C@@H](COC(=O)CCCCCCCCC(C)C)OC(=O)CCCCCCCCCCCCCCCCC(C)CC. The predicted octanol–water partition coefficient (Wildman–Crippen LogP) is 25.2. The molecule has 0 aromatic rings. The van der Waals surface area contributed by atoms with Crippen molar-refractivity contribution in [3.8, 4) is 0 Å². The fraction of sp³-hybridized carbons (Fsp3) is 0.952. The number of hydrogen-bond donors (Lipinski definition) is 3. The molecule has 0 aliphatic rings. The van der Waals surface area contributed by atoms with E-state index in [-0.39, 0.29) is 25.7 Å². The van der Waals surface area contributed by atoms with Crippen LogP contribution in [0.25, 0.3) is 0 Å². The van der Waals surface area contributed by atoms with E-state index in [2.05, 4.69) is 55.4 Å². The molecule has 0 bridgehead atoms. The summed E-state index contributed by atoms with van der Waals surface area (Å²) in [6, 6.07) is 0. The molecular weight excluding hydrogens is 1340 g/mol. The zero-order valence-electron chi connectivity index (χ0n) is 68.0. The van der Waals surface area contributed by atoms with Gasteiger partial charge in [0.15, 0.2) is 12.2 Å². The molecule has 0 aliphatic carbocycles. The maximum Gasteiger partial charge on any atom is 0.472 e. The molecule has 0 amide bonds. The molecule has 0 radical (unpaired) electrons. The second kappa shape index (κ2) is 72.9. The van der Waals surface area contributed by atoms with Crippen LogP contribution in [-0.4, -0.2) is 96.7 Å². The van der Waals surface area contributed by atoms with Gasteiger partial charge in [0.05, 0.1) is 26.4 Å². The summed E-state index contributed by atoms with van der Waals surface area (Å²) in [4.78, 5) is 73.1. The van der Waals surface area contributed by atoms with Gasteiger partial charge in [0.25, 0.3) is 0 Å². The molecule has 612 valence electrons. The van der Waals surface area contributed by atoms with Gasteiger partial charge in [0.1, 0.15) is 19.3 Å². The first kappa shape index (κ1) is 101. The monoisotopic (exact) mass is 1510 g/mol. The largest absolute Gasteiger partial charge is 0.472 e. The van der Waals surface area contributed by atoms with Crippen molar-refractivity contribution in [2.45, 2.75) is 453 Å². The van der Waals surface area contributed by atoms with Crippen molar-refractivity contribution >= 4 is 39.5 Å². The molecule has 5 unspecified atom stereocenters. The maximum absolute atomic E-state index is 13.1. The molecule has 0 aromatic carbocycles. The van der Waals surface area contributed by atoms with E-state index in [1.54, 1.807) is 0 Å². The molecule has 19 heteroatoms. The average molecular weight is 1510 g/mol. The van der Waals surface area contributed by atoms with Crippen molar-refractivity contribution < 1.29 is 80.2 Å². The van der Waals surface area contributed by atoms with Gasteiger partial charge in [-0.15, -0.1) is 0 Å². The smallest absolute Gasteiger partial charge is 0.462 e. The highest BCUT2D eigenvalue weighted by Gasteiger charge is 2.30. The van der Waals surface area contributed by atoms with Crippen molar-refractivity contribution in [2.24, 2.45) is 23.7 Å². The number of aliphatic hydroxyl groups excluding tert-OH is 1. The first-order valence-electron chi connectivity index (χ1n) is 43.3. The summed E-state index contributed by atoms with van der Waals surface area (Å²) in [6.45, 7) is 14.3. The highest BCUT2D eigenvalue weighted by Crippen LogP contribution is 2.45. The normalized spacial score (nSPS) is 14.8. The summed E-state index contributed by atoms with van der Waals surface area (Å²) in [5, 5.41) is 10.7. The van der Waals surface area contributed by atoms with Crippen molar-refractivity contribution in [1.29, 1.82) is 0 Å². The van der Waals surface area contributed by atoms with Crippen LogP contribution in [0.5, 0.6) is 0 Å². The Morgan fingerprint density at radius 3 is 0.689 bits per heavy atom. The van der Waals surface area contributed by atoms with Gasteiger partial charge in [-0.25, -0.2) is 9.13 Å². The summed E-state index contributed by atoms with van der Waals surface area (Å²) in [5.74, 6) is 1.09. The molecule has 0 saturated carbocycles. The summed E-state index contributed by atoms with van der Waals surface area (Å²) in [7, 11) is -9.93. The Bertz CT molecular complexity index is 2010. The third-order valence-corrected chi connectivity index (χ3v) is 22.6. The Balaban J connectivity index is 5.20. The molecular formula is C84H164O17P2. The summed E-state index contributed by atoms with van der Waals surface area (Å²) in [6.07, 6.45) is 61.1. The number of carbonyl (C=O) groups excluding carboxylic acids is 4. The second-order valence-electron chi connectivity index (χ2n) is 31.4. The van der Waals surface area contributed by atoms with Gasteiger partial charge in [-0.1, -0.05) is 383 Å². The Kier molecular flexibility index (Phi) is 71.5. The minimum absolute atomic E-state index is 0.106. The quantitative estimate of drug-likeness (QED) is 0.0222. The lowest BCUT2D eigenvalue weighted by atomic mass is 9.99. The van der Waals surface area contributed by atoms with Crippen molar-refractivity contribution in [3.05, 3.63) is 0 Å². The van der Waals surface area contributed by atoms with Crippen molar-refractivity contribution in [2.75, 3.05) is 39.6 Å². The van der Waals surface area contributed by atoms with Crippen molar-refractivity contribution in [1.82, 2.24) is 0 Å². The molecule has 8 atom stereocenters. The number of carbonyl (C=O) groups is 4. The number of hydrogen-bond acceptors (Lipinski definition) is 15. The van der Waals surface area contributed by atoms with E-state index in [0.717, 1.165) is 114 Å². The highest BCUT2D eigenvalue weighted by atomic mass is 31.2.